The van der Waals surface area contributed by atoms with Crippen molar-refractivity contribution in [3.63, 3.8) is 0 Å². The minimum atomic E-state index is -0.497. The molecule has 0 radical (unpaired) electrons. The highest BCUT2D eigenvalue weighted by molar-refractivity contribution is 6.04. The normalized spacial score (nSPS) is 22.4. The number of nitrogens with one attached hydrogen (secondary N) is 1. The lowest BCUT2D eigenvalue weighted by Gasteiger charge is -2.39. The second-order valence-electron chi connectivity index (χ2n) is 10.5. The van der Waals surface area contributed by atoms with Gasteiger partial charge in [0.1, 0.15) is 6.10 Å². The number of dihydropyridines is 1. The maximum atomic E-state index is 13.5. The van der Waals surface area contributed by atoms with Crippen LogP contribution >= 0.6 is 0 Å². The van der Waals surface area contributed by atoms with Crippen LogP contribution in [0.25, 0.3) is 0 Å². The number of carbonyl (C=O) groups excluding carboxylic acids is 2. The number of ketones is 1. The van der Waals surface area contributed by atoms with Gasteiger partial charge in [0, 0.05) is 29.3 Å². The van der Waals surface area contributed by atoms with E-state index in [1.807, 2.05) is 25.1 Å². The number of methoxy groups -OCH3 is 1. The molecule has 6 heteroatoms. The highest BCUT2D eigenvalue weighted by Crippen LogP contribution is 2.48. The fourth-order valence-corrected chi connectivity index (χ4v) is 5.46. The summed E-state index contributed by atoms with van der Waals surface area (Å²) in [6.07, 6.45) is 5.99. The minimum Gasteiger partial charge on any atom is -0.493 e. The summed E-state index contributed by atoms with van der Waals surface area (Å²) in [4.78, 5) is 27.0. The highest BCUT2D eigenvalue weighted by atomic mass is 16.5. The quantitative estimate of drug-likeness (QED) is 0.528. The van der Waals surface area contributed by atoms with Gasteiger partial charge in [-0.3, -0.25) is 4.79 Å². The largest absolute Gasteiger partial charge is 0.493 e. The van der Waals surface area contributed by atoms with Gasteiger partial charge in [0.2, 0.25) is 0 Å². The minimum absolute atomic E-state index is 0.0517. The Kier molecular flexibility index (Phi) is 7.06. The number of Topliss-reactive ketones (excluding diaryl/α,β-unsaturated/α-hetero) is 1. The van der Waals surface area contributed by atoms with E-state index in [0.717, 1.165) is 55.5 Å². The number of esters is 1. The second kappa shape index (κ2) is 9.85. The lowest BCUT2D eigenvalue weighted by molar-refractivity contribution is -0.144. The molecule has 1 aliphatic heterocycles. The summed E-state index contributed by atoms with van der Waals surface area (Å²) in [5.41, 5.74) is 3.55. The molecular weight excluding hydrogens is 430 g/mol. The smallest absolute Gasteiger partial charge is 0.337 e. The van der Waals surface area contributed by atoms with Crippen LogP contribution in [-0.2, 0) is 14.3 Å². The van der Waals surface area contributed by atoms with Gasteiger partial charge in [0.25, 0.3) is 0 Å². The maximum absolute atomic E-state index is 13.5. The van der Waals surface area contributed by atoms with E-state index in [-0.39, 0.29) is 23.3 Å². The molecule has 184 valence electrons. The van der Waals surface area contributed by atoms with E-state index in [4.69, 9.17) is 14.2 Å². The van der Waals surface area contributed by atoms with E-state index in [2.05, 4.69) is 26.1 Å². The second-order valence-corrected chi connectivity index (χ2v) is 10.5. The van der Waals surface area contributed by atoms with Crippen LogP contribution in [0.1, 0.15) is 84.1 Å². The fourth-order valence-electron chi connectivity index (χ4n) is 5.46. The van der Waals surface area contributed by atoms with Crippen LogP contribution in [0.4, 0.5) is 0 Å². The van der Waals surface area contributed by atoms with Crippen LogP contribution < -0.4 is 14.8 Å². The molecule has 4 rings (SSSR count). The average molecular weight is 468 g/mol. The Morgan fingerprint density at radius 2 is 1.88 bits per heavy atom. The Morgan fingerprint density at radius 3 is 2.56 bits per heavy atom. The Bertz CT molecular complexity index is 1030. The zero-order chi connectivity index (χ0) is 24.5. The Balaban J connectivity index is 1.79. The van der Waals surface area contributed by atoms with Crippen molar-refractivity contribution in [3.8, 4) is 11.5 Å². The van der Waals surface area contributed by atoms with Crippen molar-refractivity contribution in [2.24, 2.45) is 5.41 Å². The molecule has 1 unspecified atom stereocenters. The molecule has 0 spiro atoms. The predicted molar refractivity (Wildman–Crippen MR) is 131 cm³/mol. The van der Waals surface area contributed by atoms with Gasteiger partial charge in [-0.25, -0.2) is 4.79 Å². The number of allylic oxidation sites excluding steroid dienone is 3. The van der Waals surface area contributed by atoms with Crippen LogP contribution in [-0.4, -0.2) is 31.6 Å². The number of hydrogen-bond acceptors (Lipinski definition) is 6. The molecule has 1 aromatic rings. The maximum Gasteiger partial charge on any atom is 0.337 e. The summed E-state index contributed by atoms with van der Waals surface area (Å²) >= 11 is 0. The van der Waals surface area contributed by atoms with E-state index >= 15 is 0 Å². The number of carbonyl (C=O) groups is 2. The summed E-state index contributed by atoms with van der Waals surface area (Å²) in [7, 11) is 1.61. The standard InChI is InChI=1S/C28H37NO5/c1-6-13-33-22-12-11-18(14-23(22)32-5)25-24(27(31)34-19-9-7-8-10-19)17(2)29-20-15-28(3,4)16-21(30)26(20)25/h11-12,14,19,25,29H,6-10,13,15-16H2,1-5H3. The van der Waals surface area contributed by atoms with Gasteiger partial charge in [-0.05, 0) is 68.6 Å². The van der Waals surface area contributed by atoms with Gasteiger partial charge in [-0.15, -0.1) is 0 Å². The molecule has 0 saturated heterocycles. The molecule has 1 saturated carbocycles. The molecule has 0 bridgehead atoms. The summed E-state index contributed by atoms with van der Waals surface area (Å²) in [6.45, 7) is 8.76. The molecular formula is C28H37NO5. The molecule has 1 heterocycles. The van der Waals surface area contributed by atoms with Gasteiger partial charge in [-0.2, -0.15) is 0 Å². The van der Waals surface area contributed by atoms with E-state index in [1.54, 1.807) is 7.11 Å². The molecule has 34 heavy (non-hydrogen) atoms. The van der Waals surface area contributed by atoms with Crippen LogP contribution in [0.15, 0.2) is 40.7 Å². The first-order chi connectivity index (χ1) is 16.2. The third-order valence-electron chi connectivity index (χ3n) is 7.02. The molecule has 1 aromatic carbocycles. The van der Waals surface area contributed by atoms with Gasteiger partial charge < -0.3 is 19.5 Å². The third kappa shape index (κ3) is 4.86. The number of rotatable bonds is 7. The molecule has 0 amide bonds. The summed E-state index contributed by atoms with van der Waals surface area (Å²) < 4.78 is 17.4. The number of benzene rings is 1. The molecule has 0 aromatic heterocycles. The summed E-state index contributed by atoms with van der Waals surface area (Å²) in [6, 6.07) is 5.71. The van der Waals surface area contributed by atoms with Gasteiger partial charge in [0.05, 0.1) is 19.3 Å². The van der Waals surface area contributed by atoms with Crippen molar-refractivity contribution in [3.05, 3.63) is 46.3 Å². The molecule has 3 aliphatic rings. The van der Waals surface area contributed by atoms with Crippen molar-refractivity contribution in [1.29, 1.82) is 0 Å². The van der Waals surface area contributed by atoms with Crippen LogP contribution in [0.2, 0.25) is 0 Å². The first-order valence-electron chi connectivity index (χ1n) is 12.5. The Hall–Kier alpha value is -2.76. The molecule has 2 aliphatic carbocycles. The topological polar surface area (TPSA) is 73.9 Å². The third-order valence-corrected chi connectivity index (χ3v) is 7.02. The van der Waals surface area contributed by atoms with Crippen LogP contribution in [0, 0.1) is 5.41 Å². The van der Waals surface area contributed by atoms with Gasteiger partial charge in [-0.1, -0.05) is 26.8 Å². The van der Waals surface area contributed by atoms with Crippen molar-refractivity contribution < 1.29 is 23.8 Å². The number of ether oxygens (including phenoxy) is 3. The van der Waals surface area contributed by atoms with E-state index < -0.39 is 5.92 Å². The zero-order valence-corrected chi connectivity index (χ0v) is 21.1. The average Bonchev–Trinajstić information content (AvgIpc) is 3.28. The van der Waals surface area contributed by atoms with Gasteiger partial charge in [0.15, 0.2) is 17.3 Å². The Labute approximate surface area is 202 Å². The first kappa shape index (κ1) is 24.4. The fraction of sp³-hybridized carbons (Fsp3) is 0.571. The lowest BCUT2D eigenvalue weighted by atomic mass is 9.68. The van der Waals surface area contributed by atoms with Crippen molar-refractivity contribution in [1.82, 2.24) is 5.32 Å². The predicted octanol–water partition coefficient (Wildman–Crippen LogP) is 5.57. The van der Waals surface area contributed by atoms with E-state index in [0.29, 0.717) is 35.7 Å². The summed E-state index contributed by atoms with van der Waals surface area (Å²) in [5, 5.41) is 3.41. The Morgan fingerprint density at radius 1 is 1.15 bits per heavy atom. The first-order valence-corrected chi connectivity index (χ1v) is 12.5. The molecule has 1 N–H and O–H groups in total. The molecule has 1 fully saturated rings. The van der Waals surface area contributed by atoms with E-state index in [1.165, 1.54) is 0 Å². The van der Waals surface area contributed by atoms with Crippen LogP contribution in [0.5, 0.6) is 11.5 Å². The highest BCUT2D eigenvalue weighted by Gasteiger charge is 2.43. The van der Waals surface area contributed by atoms with Crippen LogP contribution in [0.3, 0.4) is 0 Å². The zero-order valence-electron chi connectivity index (χ0n) is 21.1. The summed E-state index contributed by atoms with van der Waals surface area (Å²) in [5.74, 6) is 0.492. The monoisotopic (exact) mass is 467 g/mol. The van der Waals surface area contributed by atoms with Gasteiger partial charge >= 0.3 is 5.97 Å². The SMILES string of the molecule is CCCOc1ccc(C2C(C(=O)OC3CCCC3)=C(C)NC3=C2C(=O)CC(C)(C)C3)cc1OC. The molecule has 6 nitrogen and oxygen atoms in total. The number of hydrogen-bond donors (Lipinski definition) is 1. The van der Waals surface area contributed by atoms with Crippen molar-refractivity contribution >= 4 is 11.8 Å². The molecule has 1 atom stereocenters. The van der Waals surface area contributed by atoms with E-state index in [9.17, 15) is 9.59 Å². The van der Waals surface area contributed by atoms with Crippen molar-refractivity contribution in [2.75, 3.05) is 13.7 Å². The lowest BCUT2D eigenvalue weighted by Crippen LogP contribution is -2.39. The van der Waals surface area contributed by atoms with Crippen molar-refractivity contribution in [2.45, 2.75) is 84.7 Å².